The van der Waals surface area contributed by atoms with E-state index in [1.165, 1.54) is 6.92 Å². The molecule has 4 saturated heterocycles. The van der Waals surface area contributed by atoms with Crippen molar-refractivity contribution in [3.63, 3.8) is 0 Å². The van der Waals surface area contributed by atoms with Crippen molar-refractivity contribution >= 4 is 0 Å². The maximum absolute atomic E-state index is 10.8. The molecule has 4 rings (SSSR count). The van der Waals surface area contributed by atoms with E-state index in [0.717, 1.165) is 0 Å². The van der Waals surface area contributed by atoms with Gasteiger partial charge in [0.25, 0.3) is 0 Å². The summed E-state index contributed by atoms with van der Waals surface area (Å²) in [5.41, 5.74) is 0. The molecule has 32 heavy (non-hydrogen) atoms. The minimum atomic E-state index is -1.72. The van der Waals surface area contributed by atoms with E-state index in [1.807, 2.05) is 0 Å². The predicted octanol–water partition coefficient (Wildman–Crippen LogP) is -5.50. The van der Waals surface area contributed by atoms with Crippen LogP contribution in [-0.2, 0) is 28.4 Å². The Hall–Kier alpha value is -0.560. The summed E-state index contributed by atoms with van der Waals surface area (Å²) in [4.78, 5) is 0. The van der Waals surface area contributed by atoms with Crippen molar-refractivity contribution in [1.82, 2.24) is 0 Å². The molecule has 0 radical (unpaired) electrons. The maximum atomic E-state index is 10.8. The molecule has 0 aliphatic carbocycles. The van der Waals surface area contributed by atoms with E-state index in [-0.39, 0.29) is 6.61 Å². The maximum Gasteiger partial charge on any atom is 0.187 e. The number of aliphatic hydroxyl groups is 8. The second-order valence-electron chi connectivity index (χ2n) is 8.45. The highest BCUT2D eigenvalue weighted by molar-refractivity contribution is 4.97. The first-order valence-corrected chi connectivity index (χ1v) is 10.4. The summed E-state index contributed by atoms with van der Waals surface area (Å²) in [6.45, 7) is 0.751. The Kier molecular flexibility index (Phi) is 7.36. The Bertz CT molecular complexity index is 639. The van der Waals surface area contributed by atoms with Gasteiger partial charge in [-0.15, -0.1) is 0 Å². The van der Waals surface area contributed by atoms with Gasteiger partial charge in [0.2, 0.25) is 0 Å². The molecule has 15 atom stereocenters. The quantitative estimate of drug-likeness (QED) is 0.188. The molecule has 0 spiro atoms. The zero-order valence-corrected chi connectivity index (χ0v) is 17.1. The van der Waals surface area contributed by atoms with E-state index >= 15 is 0 Å². The molecule has 4 aliphatic heterocycles. The van der Waals surface area contributed by atoms with Crippen molar-refractivity contribution in [2.24, 2.45) is 0 Å². The predicted molar refractivity (Wildman–Crippen MR) is 96.5 cm³/mol. The Morgan fingerprint density at radius 2 is 1.34 bits per heavy atom. The average molecular weight is 470 g/mol. The van der Waals surface area contributed by atoms with Crippen LogP contribution in [0.4, 0.5) is 0 Å². The zero-order chi connectivity index (χ0) is 23.3. The van der Waals surface area contributed by atoms with Crippen LogP contribution < -0.4 is 0 Å². The lowest BCUT2D eigenvalue weighted by atomic mass is 9.96. The second-order valence-corrected chi connectivity index (χ2v) is 8.45. The molecule has 0 aromatic carbocycles. The topological polar surface area (TPSA) is 217 Å². The summed E-state index contributed by atoms with van der Waals surface area (Å²) in [6, 6.07) is 0. The first-order valence-electron chi connectivity index (χ1n) is 10.4. The number of rotatable bonds is 5. The third kappa shape index (κ3) is 4.30. The number of hydrogen-bond donors (Lipinski definition) is 8. The third-order valence-electron chi connectivity index (χ3n) is 6.28. The fourth-order valence-corrected chi connectivity index (χ4v) is 4.30. The Labute approximate surface area is 182 Å². The van der Waals surface area contributed by atoms with Crippen LogP contribution in [0.2, 0.25) is 0 Å². The molecule has 0 saturated carbocycles. The van der Waals surface area contributed by atoms with Gasteiger partial charge in [0.05, 0.1) is 19.3 Å². The van der Waals surface area contributed by atoms with Gasteiger partial charge >= 0.3 is 0 Å². The Balaban J connectivity index is 1.49. The number of fused-ring (bicyclic) bond motifs is 2. The van der Waals surface area contributed by atoms with Gasteiger partial charge in [-0.25, -0.2) is 0 Å². The van der Waals surface area contributed by atoms with Crippen molar-refractivity contribution in [3.05, 3.63) is 0 Å². The SMILES string of the molecule is CC1OC(OC2C(O)C(CO)OC(OC3C4COC(O4)C(O)C3O)C2O)C(O)C(O)C1O. The molecule has 14 heteroatoms. The standard InChI is InChI=1S/C18H30O14/c1-4-7(20)9(22)11(24)17(28-4)32-15-8(21)5(2-19)29-18(13(15)26)31-14-6-3-27-16(30-6)12(25)10(14)23/h4-26H,2-3H2,1H3. The monoisotopic (exact) mass is 470 g/mol. The second kappa shape index (κ2) is 9.59. The van der Waals surface area contributed by atoms with E-state index in [0.29, 0.717) is 0 Å². The van der Waals surface area contributed by atoms with Crippen molar-refractivity contribution in [2.75, 3.05) is 13.2 Å². The van der Waals surface area contributed by atoms with E-state index in [1.54, 1.807) is 0 Å². The fourth-order valence-electron chi connectivity index (χ4n) is 4.30. The zero-order valence-electron chi connectivity index (χ0n) is 17.1. The van der Waals surface area contributed by atoms with Gasteiger partial charge in [0.1, 0.15) is 67.1 Å². The van der Waals surface area contributed by atoms with Gasteiger partial charge in [0.15, 0.2) is 18.9 Å². The fraction of sp³-hybridized carbons (Fsp3) is 1.00. The number of hydrogen-bond acceptors (Lipinski definition) is 14. The van der Waals surface area contributed by atoms with Crippen molar-refractivity contribution in [3.8, 4) is 0 Å². The summed E-state index contributed by atoms with van der Waals surface area (Å²) in [5, 5.41) is 81.3. The smallest absolute Gasteiger partial charge is 0.187 e. The van der Waals surface area contributed by atoms with Crippen LogP contribution in [0, 0.1) is 0 Å². The first kappa shape index (κ1) is 24.6. The molecule has 186 valence electrons. The highest BCUT2D eigenvalue weighted by Gasteiger charge is 2.55. The van der Waals surface area contributed by atoms with Gasteiger partial charge in [-0.05, 0) is 6.92 Å². The van der Waals surface area contributed by atoms with E-state index in [2.05, 4.69) is 0 Å². The third-order valence-corrected chi connectivity index (χ3v) is 6.28. The van der Waals surface area contributed by atoms with Crippen LogP contribution in [0.15, 0.2) is 0 Å². The minimum absolute atomic E-state index is 0.0124. The summed E-state index contributed by atoms with van der Waals surface area (Å²) in [5.74, 6) is 0. The largest absolute Gasteiger partial charge is 0.394 e. The lowest BCUT2D eigenvalue weighted by molar-refractivity contribution is -0.370. The van der Waals surface area contributed by atoms with Gasteiger partial charge < -0.3 is 69.3 Å². The summed E-state index contributed by atoms with van der Waals surface area (Å²) in [7, 11) is 0. The van der Waals surface area contributed by atoms with Crippen LogP contribution in [0.5, 0.6) is 0 Å². The molecule has 2 bridgehead atoms. The van der Waals surface area contributed by atoms with E-state index < -0.39 is 98.7 Å². The Morgan fingerprint density at radius 3 is 2.03 bits per heavy atom. The Morgan fingerprint density at radius 1 is 0.688 bits per heavy atom. The highest BCUT2D eigenvalue weighted by Crippen LogP contribution is 2.34. The minimum Gasteiger partial charge on any atom is -0.394 e. The van der Waals surface area contributed by atoms with E-state index in [4.69, 9.17) is 28.4 Å². The summed E-state index contributed by atoms with van der Waals surface area (Å²) in [6.07, 6.45) is -20.6. The summed E-state index contributed by atoms with van der Waals surface area (Å²) < 4.78 is 32.6. The van der Waals surface area contributed by atoms with Gasteiger partial charge in [-0.2, -0.15) is 0 Å². The lowest BCUT2D eigenvalue weighted by Crippen LogP contribution is -2.65. The molecule has 0 aromatic heterocycles. The van der Waals surface area contributed by atoms with Crippen LogP contribution in [0.25, 0.3) is 0 Å². The van der Waals surface area contributed by atoms with Gasteiger partial charge in [-0.1, -0.05) is 0 Å². The van der Waals surface area contributed by atoms with Gasteiger partial charge in [0, 0.05) is 0 Å². The van der Waals surface area contributed by atoms with Crippen LogP contribution in [0.1, 0.15) is 6.92 Å². The number of aliphatic hydroxyl groups excluding tert-OH is 8. The molecule has 8 N–H and O–H groups in total. The molecule has 0 aromatic rings. The van der Waals surface area contributed by atoms with Crippen molar-refractivity contribution in [1.29, 1.82) is 0 Å². The van der Waals surface area contributed by atoms with Gasteiger partial charge in [-0.3, -0.25) is 0 Å². The molecule has 4 aliphatic rings. The molecule has 14 nitrogen and oxygen atoms in total. The lowest BCUT2D eigenvalue weighted by Gasteiger charge is -2.47. The normalized spacial score (nSPS) is 56.3. The van der Waals surface area contributed by atoms with E-state index in [9.17, 15) is 40.9 Å². The highest BCUT2D eigenvalue weighted by atomic mass is 16.8. The van der Waals surface area contributed by atoms with Crippen LogP contribution in [0.3, 0.4) is 0 Å². The average Bonchev–Trinajstić information content (AvgIpc) is 3.22. The molecule has 4 heterocycles. The van der Waals surface area contributed by atoms with Crippen molar-refractivity contribution < 1.29 is 69.3 Å². The summed E-state index contributed by atoms with van der Waals surface area (Å²) >= 11 is 0. The van der Waals surface area contributed by atoms with Crippen LogP contribution >= 0.6 is 0 Å². The van der Waals surface area contributed by atoms with Crippen LogP contribution in [-0.4, -0.2) is 146 Å². The molecule has 15 unspecified atom stereocenters. The number of ether oxygens (including phenoxy) is 6. The molecule has 0 amide bonds. The van der Waals surface area contributed by atoms with Crippen molar-refractivity contribution in [2.45, 2.75) is 99.0 Å². The molecular weight excluding hydrogens is 440 g/mol. The molecular formula is C18H30O14. The first-order chi connectivity index (χ1) is 15.1. The molecule has 4 fully saturated rings.